The van der Waals surface area contributed by atoms with Crippen LogP contribution in [0.4, 0.5) is 9.93 Å². The van der Waals surface area contributed by atoms with Gasteiger partial charge in [-0.25, -0.2) is 9.78 Å². The molecular weight excluding hydrogens is 298 g/mol. The van der Waals surface area contributed by atoms with E-state index in [4.69, 9.17) is 0 Å². The molecule has 0 aliphatic carbocycles. The highest BCUT2D eigenvalue weighted by atomic mass is 32.1. The quantitative estimate of drug-likeness (QED) is 0.766. The molecular formula is C16H21N3O2S. The first-order valence-corrected chi connectivity index (χ1v) is 8.16. The zero-order valence-corrected chi connectivity index (χ0v) is 13.6. The fraction of sp³-hybridized carbons (Fsp3) is 0.375. The van der Waals surface area contributed by atoms with Crippen molar-refractivity contribution < 1.29 is 9.90 Å². The van der Waals surface area contributed by atoms with Crippen molar-refractivity contribution in [3.63, 3.8) is 0 Å². The Balaban J connectivity index is 1.86. The van der Waals surface area contributed by atoms with E-state index in [0.29, 0.717) is 5.13 Å². The number of thiazole rings is 1. The van der Waals surface area contributed by atoms with E-state index in [-0.39, 0.29) is 12.6 Å². The van der Waals surface area contributed by atoms with Crippen LogP contribution in [0.1, 0.15) is 31.5 Å². The topological polar surface area (TPSA) is 74.2 Å². The number of amides is 2. The Morgan fingerprint density at radius 3 is 2.77 bits per heavy atom. The average molecular weight is 319 g/mol. The van der Waals surface area contributed by atoms with Crippen molar-refractivity contribution >= 4 is 22.5 Å². The molecule has 0 fully saturated rings. The Morgan fingerprint density at radius 1 is 1.36 bits per heavy atom. The Bertz CT molecular complexity index is 611. The summed E-state index contributed by atoms with van der Waals surface area (Å²) in [6, 6.07) is 8.89. The van der Waals surface area contributed by atoms with Crippen LogP contribution in [0.15, 0.2) is 35.7 Å². The number of anilines is 1. The minimum Gasteiger partial charge on any atom is -0.384 e. The van der Waals surface area contributed by atoms with Gasteiger partial charge in [0.1, 0.15) is 5.60 Å². The highest BCUT2D eigenvalue weighted by molar-refractivity contribution is 7.13. The number of urea groups is 1. The lowest BCUT2D eigenvalue weighted by atomic mass is 9.96. The van der Waals surface area contributed by atoms with Crippen molar-refractivity contribution in [2.24, 2.45) is 0 Å². The first kappa shape index (κ1) is 16.5. The summed E-state index contributed by atoms with van der Waals surface area (Å²) in [4.78, 5) is 16.2. The third-order valence-corrected chi connectivity index (χ3v) is 4.07. The summed E-state index contributed by atoms with van der Waals surface area (Å²) < 4.78 is 0. The van der Waals surface area contributed by atoms with Crippen LogP contribution >= 0.6 is 11.3 Å². The molecule has 5 nitrogen and oxygen atoms in total. The number of carbonyl (C=O) groups is 1. The number of benzene rings is 1. The van der Waals surface area contributed by atoms with Crippen molar-refractivity contribution in [3.05, 3.63) is 47.0 Å². The molecule has 2 amide bonds. The van der Waals surface area contributed by atoms with Gasteiger partial charge in [0.15, 0.2) is 5.13 Å². The first-order chi connectivity index (χ1) is 10.5. The van der Waals surface area contributed by atoms with Crippen molar-refractivity contribution in [1.82, 2.24) is 10.3 Å². The predicted octanol–water partition coefficient (Wildman–Crippen LogP) is 3.12. The summed E-state index contributed by atoms with van der Waals surface area (Å²) in [6.45, 7) is 3.88. The second kappa shape index (κ2) is 7.38. The molecule has 3 N–H and O–H groups in total. The molecule has 1 unspecified atom stereocenters. The molecule has 2 aromatic rings. The summed E-state index contributed by atoms with van der Waals surface area (Å²) in [5, 5.41) is 18.3. The molecule has 0 aliphatic rings. The van der Waals surface area contributed by atoms with Gasteiger partial charge >= 0.3 is 6.03 Å². The van der Waals surface area contributed by atoms with Crippen LogP contribution in [0.25, 0.3) is 0 Å². The summed E-state index contributed by atoms with van der Waals surface area (Å²) in [7, 11) is 0. The van der Waals surface area contributed by atoms with Crippen LogP contribution in [0.3, 0.4) is 0 Å². The Hall–Kier alpha value is -1.92. The molecule has 0 radical (unpaired) electrons. The monoisotopic (exact) mass is 319 g/mol. The molecule has 118 valence electrons. The van der Waals surface area contributed by atoms with Gasteiger partial charge in [0.2, 0.25) is 0 Å². The fourth-order valence-electron chi connectivity index (χ4n) is 2.03. The second-order valence-corrected chi connectivity index (χ2v) is 6.20. The van der Waals surface area contributed by atoms with Crippen molar-refractivity contribution in [1.29, 1.82) is 0 Å². The molecule has 1 atom stereocenters. The molecule has 1 aromatic heterocycles. The molecule has 0 saturated heterocycles. The lowest BCUT2D eigenvalue weighted by Gasteiger charge is -2.24. The minimum atomic E-state index is -1.12. The van der Waals surface area contributed by atoms with Crippen molar-refractivity contribution in [3.8, 4) is 0 Å². The van der Waals surface area contributed by atoms with Crippen LogP contribution in [0.5, 0.6) is 0 Å². The molecule has 0 spiro atoms. The molecule has 22 heavy (non-hydrogen) atoms. The highest BCUT2D eigenvalue weighted by Crippen LogP contribution is 2.19. The van der Waals surface area contributed by atoms with Gasteiger partial charge in [-0.1, -0.05) is 43.7 Å². The maximum atomic E-state index is 11.9. The zero-order chi connectivity index (χ0) is 16.0. The lowest BCUT2D eigenvalue weighted by molar-refractivity contribution is 0.0599. The van der Waals surface area contributed by atoms with E-state index >= 15 is 0 Å². The van der Waals surface area contributed by atoms with Crippen LogP contribution < -0.4 is 10.6 Å². The smallest absolute Gasteiger partial charge is 0.321 e. The number of carbonyl (C=O) groups excluding carboxylic acids is 1. The van der Waals surface area contributed by atoms with Crippen LogP contribution in [-0.2, 0) is 12.0 Å². The fourth-order valence-corrected chi connectivity index (χ4v) is 2.77. The maximum absolute atomic E-state index is 11.9. The summed E-state index contributed by atoms with van der Waals surface area (Å²) >= 11 is 1.40. The normalized spacial score (nSPS) is 13.4. The first-order valence-electron chi connectivity index (χ1n) is 7.28. The number of nitrogens with zero attached hydrogens (tertiary/aromatic N) is 1. The number of rotatable bonds is 6. The third-order valence-electron chi connectivity index (χ3n) is 3.27. The Kier molecular flexibility index (Phi) is 5.51. The van der Waals surface area contributed by atoms with E-state index in [9.17, 15) is 9.90 Å². The molecule has 1 heterocycles. The van der Waals surface area contributed by atoms with E-state index in [1.165, 1.54) is 11.3 Å². The molecule has 0 aliphatic heterocycles. The summed E-state index contributed by atoms with van der Waals surface area (Å²) in [6.07, 6.45) is 1.93. The Morgan fingerprint density at radius 2 is 2.09 bits per heavy atom. The average Bonchev–Trinajstić information content (AvgIpc) is 2.94. The Labute approximate surface area is 134 Å². The van der Waals surface area contributed by atoms with Crippen LogP contribution in [0.2, 0.25) is 0 Å². The van der Waals surface area contributed by atoms with Gasteiger partial charge in [0.05, 0.1) is 12.2 Å². The van der Waals surface area contributed by atoms with Crippen LogP contribution in [-0.4, -0.2) is 22.7 Å². The number of aryl methyl sites for hydroxylation is 1. The van der Waals surface area contributed by atoms with E-state index in [0.717, 1.165) is 24.1 Å². The minimum absolute atomic E-state index is 0.121. The van der Waals surface area contributed by atoms with Gasteiger partial charge in [0, 0.05) is 5.38 Å². The lowest BCUT2D eigenvalue weighted by Crippen LogP contribution is -2.40. The standard InChI is InChI=1S/C16H21N3O2S/c1-3-7-13-10-22-15(18-13)19-14(20)17-11-16(2,21)12-8-5-4-6-9-12/h4-6,8-10,21H,3,7,11H2,1-2H3,(H2,17,18,19,20). The van der Waals surface area contributed by atoms with Crippen LogP contribution in [0, 0.1) is 0 Å². The van der Waals surface area contributed by atoms with Gasteiger partial charge in [-0.3, -0.25) is 5.32 Å². The number of hydrogen-bond donors (Lipinski definition) is 3. The van der Waals surface area contributed by atoms with E-state index in [1.807, 2.05) is 35.7 Å². The molecule has 0 saturated carbocycles. The van der Waals surface area contributed by atoms with Gasteiger partial charge in [0.25, 0.3) is 0 Å². The number of hydrogen-bond acceptors (Lipinski definition) is 4. The second-order valence-electron chi connectivity index (χ2n) is 5.34. The predicted molar refractivity (Wildman–Crippen MR) is 89.1 cm³/mol. The van der Waals surface area contributed by atoms with Gasteiger partial charge < -0.3 is 10.4 Å². The number of aliphatic hydroxyl groups is 1. The van der Waals surface area contributed by atoms with E-state index < -0.39 is 5.60 Å². The van der Waals surface area contributed by atoms with Gasteiger partial charge in [-0.2, -0.15) is 0 Å². The highest BCUT2D eigenvalue weighted by Gasteiger charge is 2.23. The third kappa shape index (κ3) is 4.54. The molecule has 0 bridgehead atoms. The molecule has 2 rings (SSSR count). The van der Waals surface area contributed by atoms with Crippen molar-refractivity contribution in [2.45, 2.75) is 32.3 Å². The van der Waals surface area contributed by atoms with E-state index in [2.05, 4.69) is 22.5 Å². The summed E-state index contributed by atoms with van der Waals surface area (Å²) in [5.74, 6) is 0. The maximum Gasteiger partial charge on any atom is 0.321 e. The zero-order valence-electron chi connectivity index (χ0n) is 12.8. The van der Waals surface area contributed by atoms with Crippen molar-refractivity contribution in [2.75, 3.05) is 11.9 Å². The van der Waals surface area contributed by atoms with Gasteiger partial charge in [-0.15, -0.1) is 11.3 Å². The number of nitrogens with one attached hydrogen (secondary N) is 2. The molecule has 6 heteroatoms. The largest absolute Gasteiger partial charge is 0.384 e. The molecule has 1 aromatic carbocycles. The number of aromatic nitrogens is 1. The van der Waals surface area contributed by atoms with Gasteiger partial charge in [-0.05, 0) is 18.9 Å². The SMILES string of the molecule is CCCc1csc(NC(=O)NCC(C)(O)c2ccccc2)n1. The van der Waals surface area contributed by atoms with E-state index in [1.54, 1.807) is 6.92 Å². The summed E-state index contributed by atoms with van der Waals surface area (Å²) in [5.41, 5.74) is 0.628.